The Morgan fingerprint density at radius 2 is 1.94 bits per heavy atom. The molecule has 0 unspecified atom stereocenters. The molecule has 4 heteroatoms. The molecule has 3 nitrogen and oxygen atoms in total. The lowest BCUT2D eigenvalue weighted by molar-refractivity contribution is 0.0925. The van der Waals surface area contributed by atoms with Crippen molar-refractivity contribution < 1.29 is 4.79 Å². The minimum absolute atomic E-state index is 0.0138. The molecule has 0 aromatic heterocycles. The zero-order chi connectivity index (χ0) is 13.1. The lowest BCUT2D eigenvalue weighted by Crippen LogP contribution is -2.40. The van der Waals surface area contributed by atoms with E-state index in [0.717, 1.165) is 41.3 Å². The molecular weight excluding hydrogens is 292 g/mol. The van der Waals surface area contributed by atoms with Gasteiger partial charge in [0.05, 0.1) is 0 Å². The summed E-state index contributed by atoms with van der Waals surface area (Å²) in [6.45, 7) is 1.99. The molecule has 0 heterocycles. The first-order valence-corrected chi connectivity index (χ1v) is 7.17. The summed E-state index contributed by atoms with van der Waals surface area (Å²) in [7, 11) is 0. The van der Waals surface area contributed by atoms with E-state index in [4.69, 9.17) is 5.73 Å². The van der Waals surface area contributed by atoms with Gasteiger partial charge < -0.3 is 11.1 Å². The molecule has 1 saturated carbocycles. The third kappa shape index (κ3) is 3.56. The predicted molar refractivity (Wildman–Crippen MR) is 76.6 cm³/mol. The van der Waals surface area contributed by atoms with Crippen molar-refractivity contribution in [3.05, 3.63) is 33.8 Å². The number of nitrogens with two attached hydrogens (primary N) is 1. The van der Waals surface area contributed by atoms with Gasteiger partial charge in [-0.25, -0.2) is 0 Å². The van der Waals surface area contributed by atoms with E-state index < -0.39 is 0 Å². The number of carbonyl (C=O) groups is 1. The van der Waals surface area contributed by atoms with Crippen molar-refractivity contribution in [2.75, 3.05) is 0 Å². The van der Waals surface area contributed by atoms with Crippen LogP contribution in [0.15, 0.2) is 22.7 Å². The van der Waals surface area contributed by atoms with Gasteiger partial charge >= 0.3 is 0 Å². The van der Waals surface area contributed by atoms with Gasteiger partial charge in [-0.15, -0.1) is 0 Å². The quantitative estimate of drug-likeness (QED) is 0.882. The minimum atomic E-state index is 0.0138. The lowest BCUT2D eigenvalue weighted by atomic mass is 9.91. The maximum atomic E-state index is 12.1. The lowest BCUT2D eigenvalue weighted by Gasteiger charge is -2.26. The Morgan fingerprint density at radius 1 is 1.28 bits per heavy atom. The molecule has 1 amide bonds. The molecule has 18 heavy (non-hydrogen) atoms. The second-order valence-electron chi connectivity index (χ2n) is 5.10. The summed E-state index contributed by atoms with van der Waals surface area (Å²) >= 11 is 3.42. The Kier molecular flexibility index (Phi) is 4.40. The number of halogens is 1. The third-order valence-electron chi connectivity index (χ3n) is 3.41. The second-order valence-corrected chi connectivity index (χ2v) is 6.02. The van der Waals surface area contributed by atoms with Crippen molar-refractivity contribution in [2.24, 2.45) is 5.73 Å². The van der Waals surface area contributed by atoms with Crippen LogP contribution >= 0.6 is 15.9 Å². The van der Waals surface area contributed by atoms with Crippen LogP contribution in [0.1, 0.15) is 41.6 Å². The standard InChI is InChI=1S/C14H19BrN2O/c1-9-6-10(8-11(15)7-9)14(18)17-13-4-2-12(16)3-5-13/h6-8,12-13H,2-5,16H2,1H3,(H,17,18). The zero-order valence-electron chi connectivity index (χ0n) is 10.6. The van der Waals surface area contributed by atoms with Crippen LogP contribution in [0, 0.1) is 6.92 Å². The van der Waals surface area contributed by atoms with Crippen LogP contribution in [0.5, 0.6) is 0 Å². The van der Waals surface area contributed by atoms with Crippen molar-refractivity contribution in [3.8, 4) is 0 Å². The zero-order valence-corrected chi connectivity index (χ0v) is 12.2. The Balaban J connectivity index is 1.99. The van der Waals surface area contributed by atoms with Gasteiger partial charge in [0.25, 0.3) is 5.91 Å². The number of hydrogen-bond donors (Lipinski definition) is 2. The molecule has 2 rings (SSSR count). The van der Waals surface area contributed by atoms with Crippen LogP contribution < -0.4 is 11.1 Å². The first kappa shape index (κ1) is 13.6. The second kappa shape index (κ2) is 5.85. The maximum absolute atomic E-state index is 12.1. The fourth-order valence-corrected chi connectivity index (χ4v) is 3.01. The molecule has 1 aromatic carbocycles. The van der Waals surface area contributed by atoms with Crippen molar-refractivity contribution in [2.45, 2.75) is 44.7 Å². The first-order valence-electron chi connectivity index (χ1n) is 6.38. The normalized spacial score (nSPS) is 23.7. The van der Waals surface area contributed by atoms with Crippen molar-refractivity contribution in [3.63, 3.8) is 0 Å². The molecule has 1 aliphatic rings. The summed E-state index contributed by atoms with van der Waals surface area (Å²) in [6.07, 6.45) is 3.98. The van der Waals surface area contributed by atoms with Crippen LogP contribution in [-0.2, 0) is 0 Å². The van der Waals surface area contributed by atoms with Crippen molar-refractivity contribution in [1.29, 1.82) is 0 Å². The molecule has 98 valence electrons. The number of rotatable bonds is 2. The smallest absolute Gasteiger partial charge is 0.251 e. The van der Waals surface area contributed by atoms with Crippen LogP contribution in [0.4, 0.5) is 0 Å². The van der Waals surface area contributed by atoms with Gasteiger partial charge in [0.2, 0.25) is 0 Å². The van der Waals surface area contributed by atoms with Gasteiger partial charge in [-0.2, -0.15) is 0 Å². The highest BCUT2D eigenvalue weighted by Gasteiger charge is 2.20. The average Bonchev–Trinajstić information content (AvgIpc) is 2.31. The molecule has 0 aliphatic heterocycles. The predicted octanol–water partition coefficient (Wildman–Crippen LogP) is 2.76. The first-order chi connectivity index (χ1) is 8.54. The summed E-state index contributed by atoms with van der Waals surface area (Å²) in [4.78, 5) is 12.1. The van der Waals surface area contributed by atoms with Gasteiger partial charge in [0.1, 0.15) is 0 Å². The van der Waals surface area contributed by atoms with Crippen LogP contribution in [-0.4, -0.2) is 18.0 Å². The third-order valence-corrected chi connectivity index (χ3v) is 3.87. The molecular formula is C14H19BrN2O. The Hall–Kier alpha value is -0.870. The summed E-state index contributed by atoms with van der Waals surface area (Å²) in [5.74, 6) is 0.0138. The minimum Gasteiger partial charge on any atom is -0.349 e. The SMILES string of the molecule is Cc1cc(Br)cc(C(=O)NC2CCC(N)CC2)c1. The van der Waals surface area contributed by atoms with E-state index in [0.29, 0.717) is 6.04 Å². The number of aryl methyl sites for hydroxylation is 1. The van der Waals surface area contributed by atoms with Crippen LogP contribution in [0.3, 0.4) is 0 Å². The highest BCUT2D eigenvalue weighted by molar-refractivity contribution is 9.10. The van der Waals surface area contributed by atoms with E-state index in [1.807, 2.05) is 25.1 Å². The largest absolute Gasteiger partial charge is 0.349 e. The van der Waals surface area contributed by atoms with E-state index in [2.05, 4.69) is 21.2 Å². The Morgan fingerprint density at radius 3 is 2.56 bits per heavy atom. The Labute approximate surface area is 116 Å². The van der Waals surface area contributed by atoms with Crippen molar-refractivity contribution in [1.82, 2.24) is 5.32 Å². The number of carbonyl (C=O) groups excluding carboxylic acids is 1. The molecule has 1 aliphatic carbocycles. The van der Waals surface area contributed by atoms with E-state index in [1.54, 1.807) is 0 Å². The summed E-state index contributed by atoms with van der Waals surface area (Å²) in [5.41, 5.74) is 7.66. The number of benzene rings is 1. The molecule has 0 radical (unpaired) electrons. The molecule has 0 atom stereocenters. The molecule has 1 aromatic rings. The van der Waals surface area contributed by atoms with Gasteiger partial charge in [0.15, 0.2) is 0 Å². The van der Waals surface area contributed by atoms with E-state index in [-0.39, 0.29) is 11.9 Å². The highest BCUT2D eigenvalue weighted by atomic mass is 79.9. The number of amides is 1. The molecule has 0 spiro atoms. The molecule has 3 N–H and O–H groups in total. The number of hydrogen-bond acceptors (Lipinski definition) is 2. The molecule has 0 saturated heterocycles. The van der Waals surface area contributed by atoms with Crippen LogP contribution in [0.25, 0.3) is 0 Å². The van der Waals surface area contributed by atoms with Gasteiger partial charge in [-0.3, -0.25) is 4.79 Å². The monoisotopic (exact) mass is 310 g/mol. The summed E-state index contributed by atoms with van der Waals surface area (Å²) < 4.78 is 0.943. The van der Waals surface area contributed by atoms with E-state index >= 15 is 0 Å². The highest BCUT2D eigenvalue weighted by Crippen LogP contribution is 2.19. The number of nitrogens with one attached hydrogen (secondary N) is 1. The fraction of sp³-hybridized carbons (Fsp3) is 0.500. The summed E-state index contributed by atoms with van der Waals surface area (Å²) in [6, 6.07) is 6.35. The average molecular weight is 311 g/mol. The molecule has 1 fully saturated rings. The Bertz CT molecular complexity index is 419. The van der Waals surface area contributed by atoms with Crippen molar-refractivity contribution >= 4 is 21.8 Å². The van der Waals surface area contributed by atoms with Gasteiger partial charge in [-0.05, 0) is 56.4 Å². The molecule has 0 bridgehead atoms. The topological polar surface area (TPSA) is 55.1 Å². The van der Waals surface area contributed by atoms with Crippen LogP contribution in [0.2, 0.25) is 0 Å². The maximum Gasteiger partial charge on any atom is 0.251 e. The fourth-order valence-electron chi connectivity index (χ4n) is 2.40. The van der Waals surface area contributed by atoms with Gasteiger partial charge in [-0.1, -0.05) is 15.9 Å². The van der Waals surface area contributed by atoms with E-state index in [1.165, 1.54) is 0 Å². The van der Waals surface area contributed by atoms with Gasteiger partial charge in [0, 0.05) is 22.1 Å². The van der Waals surface area contributed by atoms with E-state index in [9.17, 15) is 4.79 Å². The summed E-state index contributed by atoms with van der Waals surface area (Å²) in [5, 5.41) is 3.09.